The van der Waals surface area contributed by atoms with Gasteiger partial charge in [-0.2, -0.15) is 18.2 Å². The van der Waals surface area contributed by atoms with E-state index in [4.69, 9.17) is 9.84 Å². The maximum atomic E-state index is 12.4. The molecule has 14 heteroatoms. The Balaban J connectivity index is 1.66. The first kappa shape index (κ1) is 26.8. The Kier molecular flexibility index (Phi) is 8.41. The third kappa shape index (κ3) is 6.66. The molecule has 1 aromatic carbocycles. The van der Waals surface area contributed by atoms with Gasteiger partial charge in [0, 0.05) is 49.2 Å². The zero-order chi connectivity index (χ0) is 26.5. The predicted molar refractivity (Wildman–Crippen MR) is 118 cm³/mol. The number of ether oxygens (including phenoxy) is 1. The van der Waals surface area contributed by atoms with Gasteiger partial charge in [0.25, 0.3) is 5.69 Å². The van der Waals surface area contributed by atoms with Crippen LogP contribution in [0.25, 0.3) is 0 Å². The summed E-state index contributed by atoms with van der Waals surface area (Å²) in [6.45, 7) is -0.480. The van der Waals surface area contributed by atoms with Crippen molar-refractivity contribution in [3.63, 3.8) is 0 Å². The molecule has 1 saturated heterocycles. The minimum Gasteiger partial charge on any atom is -0.394 e. The number of benzene rings is 1. The van der Waals surface area contributed by atoms with Crippen molar-refractivity contribution < 1.29 is 37.8 Å². The molecule has 1 aliphatic heterocycles. The van der Waals surface area contributed by atoms with Gasteiger partial charge in [0.1, 0.15) is 18.1 Å². The van der Waals surface area contributed by atoms with Crippen molar-refractivity contribution in [1.29, 1.82) is 0 Å². The molecule has 0 radical (unpaired) electrons. The number of carbonyl (C=O) groups excluding carboxylic acids is 1. The maximum Gasteiger partial charge on any atom is 0.450 e. The summed E-state index contributed by atoms with van der Waals surface area (Å²) in [5.74, 6) is 3.13. The van der Waals surface area contributed by atoms with Crippen LogP contribution in [0.15, 0.2) is 35.3 Å². The Hall–Kier alpha value is -3.80. The topological polar surface area (TPSA) is 157 Å². The highest BCUT2D eigenvalue weighted by Gasteiger charge is 2.37. The second kappa shape index (κ2) is 11.3. The van der Waals surface area contributed by atoms with Crippen molar-refractivity contribution in [2.75, 3.05) is 11.9 Å². The molecule has 0 amide bonds. The molecule has 3 atom stereocenters. The molecule has 1 aliphatic rings. The molecule has 11 nitrogen and oxygen atoms in total. The van der Waals surface area contributed by atoms with E-state index in [-0.39, 0.29) is 42.0 Å². The van der Waals surface area contributed by atoms with E-state index in [1.165, 1.54) is 24.4 Å². The first-order valence-electron chi connectivity index (χ1n) is 10.6. The Morgan fingerprint density at radius 1 is 1.36 bits per heavy atom. The number of aliphatic hydroxyl groups is 2. The van der Waals surface area contributed by atoms with Crippen LogP contribution in [-0.4, -0.2) is 55.5 Å². The van der Waals surface area contributed by atoms with Gasteiger partial charge in [-0.3, -0.25) is 19.5 Å². The summed E-state index contributed by atoms with van der Waals surface area (Å²) in [6, 6.07) is 5.44. The molecule has 192 valence electrons. The average Bonchev–Trinajstić information content (AvgIpc) is 3.20. The summed E-state index contributed by atoms with van der Waals surface area (Å²) in [4.78, 5) is 37.9. The van der Waals surface area contributed by atoms with Crippen LogP contribution in [0, 0.1) is 22.0 Å². The molecule has 0 saturated carbocycles. The van der Waals surface area contributed by atoms with Gasteiger partial charge in [-0.1, -0.05) is 11.8 Å². The number of rotatable bonds is 8. The molecule has 3 rings (SSSR count). The standard InChI is InChI=1S/C22H21F3N4O7/c23-22(24,25)18(32)4-2-1-3-13-5-6-14(15(9-13)29(34)35)11-26-19-7-8-28(21(33)27-19)20-10-16(31)17(12-30)36-20/h5-9,16-17,20,30-31H,2,4,10-12H2,(H,26,27,33)/t16-,17-,20-/m1/s1. The minimum absolute atomic E-state index is 0.0776. The summed E-state index contributed by atoms with van der Waals surface area (Å²) in [5.41, 5.74) is -0.584. The van der Waals surface area contributed by atoms with E-state index in [1.54, 1.807) is 0 Å². The Labute approximate surface area is 201 Å². The molecular weight excluding hydrogens is 489 g/mol. The zero-order valence-electron chi connectivity index (χ0n) is 18.6. The number of anilines is 1. The van der Waals surface area contributed by atoms with E-state index in [0.717, 1.165) is 10.6 Å². The van der Waals surface area contributed by atoms with Crippen LogP contribution in [-0.2, 0) is 16.1 Å². The fourth-order valence-corrected chi connectivity index (χ4v) is 3.41. The third-order valence-electron chi connectivity index (χ3n) is 5.29. The van der Waals surface area contributed by atoms with Crippen molar-refractivity contribution in [2.45, 2.75) is 50.4 Å². The van der Waals surface area contributed by atoms with Crippen LogP contribution in [0.1, 0.15) is 36.6 Å². The largest absolute Gasteiger partial charge is 0.450 e. The Morgan fingerprint density at radius 2 is 2.11 bits per heavy atom. The number of aromatic nitrogens is 2. The smallest absolute Gasteiger partial charge is 0.394 e. The molecule has 0 aliphatic carbocycles. The molecule has 1 aromatic heterocycles. The molecule has 36 heavy (non-hydrogen) atoms. The highest BCUT2D eigenvalue weighted by Crippen LogP contribution is 2.27. The third-order valence-corrected chi connectivity index (χ3v) is 5.29. The molecule has 2 heterocycles. The van der Waals surface area contributed by atoms with Crippen molar-refractivity contribution in [3.8, 4) is 11.8 Å². The number of ketones is 1. The van der Waals surface area contributed by atoms with Crippen LogP contribution in [0.5, 0.6) is 0 Å². The van der Waals surface area contributed by atoms with Gasteiger partial charge in [0.15, 0.2) is 0 Å². The van der Waals surface area contributed by atoms with Crippen LogP contribution >= 0.6 is 0 Å². The van der Waals surface area contributed by atoms with Crippen LogP contribution in [0.4, 0.5) is 24.7 Å². The van der Waals surface area contributed by atoms with Gasteiger partial charge in [-0.05, 0) is 18.2 Å². The SMILES string of the molecule is O=C(CCC#Cc1ccc(CNc2ccn([C@H]3C[C@@H](O)[C@@H](CO)O3)c(=O)n2)c([N+](=O)[O-])c1)C(F)(F)F. The van der Waals surface area contributed by atoms with E-state index in [2.05, 4.69) is 22.1 Å². The van der Waals surface area contributed by atoms with Crippen LogP contribution < -0.4 is 11.0 Å². The number of nitrogens with zero attached hydrogens (tertiary/aromatic N) is 3. The van der Waals surface area contributed by atoms with Gasteiger partial charge in [-0.15, -0.1) is 0 Å². The van der Waals surface area contributed by atoms with Crippen molar-refractivity contribution in [1.82, 2.24) is 9.55 Å². The van der Waals surface area contributed by atoms with Gasteiger partial charge in [-0.25, -0.2) is 4.79 Å². The van der Waals surface area contributed by atoms with Crippen LogP contribution in [0.2, 0.25) is 0 Å². The minimum atomic E-state index is -4.93. The average molecular weight is 510 g/mol. The van der Waals surface area contributed by atoms with Gasteiger partial charge in [0.05, 0.1) is 17.6 Å². The van der Waals surface area contributed by atoms with Gasteiger partial charge < -0.3 is 20.3 Å². The number of alkyl halides is 3. The molecular formula is C22H21F3N4O7. The second-order valence-electron chi connectivity index (χ2n) is 7.79. The van der Waals surface area contributed by atoms with Crippen molar-refractivity contribution in [3.05, 3.63) is 62.2 Å². The van der Waals surface area contributed by atoms with E-state index >= 15 is 0 Å². The molecule has 0 spiro atoms. The fourth-order valence-electron chi connectivity index (χ4n) is 3.41. The first-order valence-corrected chi connectivity index (χ1v) is 10.6. The number of Topliss-reactive ketones (excluding diaryl/α,β-unsaturated/α-hetero) is 1. The highest BCUT2D eigenvalue weighted by molar-refractivity contribution is 5.84. The Morgan fingerprint density at radius 3 is 2.72 bits per heavy atom. The first-order chi connectivity index (χ1) is 17.0. The van der Waals surface area contributed by atoms with E-state index in [9.17, 15) is 38.0 Å². The maximum absolute atomic E-state index is 12.4. The van der Waals surface area contributed by atoms with Crippen LogP contribution in [0.3, 0.4) is 0 Å². The number of halogens is 3. The lowest BCUT2D eigenvalue weighted by molar-refractivity contribution is -0.385. The number of nitrogens with one attached hydrogen (secondary N) is 1. The number of carbonyl (C=O) groups is 1. The van der Waals surface area contributed by atoms with Crippen molar-refractivity contribution in [2.24, 2.45) is 0 Å². The number of aliphatic hydroxyl groups excluding tert-OH is 2. The van der Waals surface area contributed by atoms with E-state index in [1.807, 2.05) is 0 Å². The normalized spacial score (nSPS) is 19.4. The summed E-state index contributed by atoms with van der Waals surface area (Å²) >= 11 is 0. The molecule has 0 unspecified atom stereocenters. The molecule has 0 bridgehead atoms. The number of hydrogen-bond acceptors (Lipinski definition) is 9. The molecule has 3 N–H and O–H groups in total. The second-order valence-corrected chi connectivity index (χ2v) is 7.79. The lowest BCUT2D eigenvalue weighted by Gasteiger charge is -2.15. The molecule has 2 aromatic rings. The quantitative estimate of drug-likeness (QED) is 0.273. The number of nitro benzene ring substituents is 1. The monoisotopic (exact) mass is 510 g/mol. The van der Waals surface area contributed by atoms with E-state index in [0.29, 0.717) is 0 Å². The van der Waals surface area contributed by atoms with E-state index < -0.39 is 54.0 Å². The highest BCUT2D eigenvalue weighted by atomic mass is 19.4. The molecule has 1 fully saturated rings. The summed E-state index contributed by atoms with van der Waals surface area (Å²) in [6.07, 6.45) is -7.14. The summed E-state index contributed by atoms with van der Waals surface area (Å²) in [7, 11) is 0. The lowest BCUT2D eigenvalue weighted by atomic mass is 10.1. The predicted octanol–water partition coefficient (Wildman–Crippen LogP) is 1.67. The zero-order valence-corrected chi connectivity index (χ0v) is 18.6. The summed E-state index contributed by atoms with van der Waals surface area (Å²) < 4.78 is 43.2. The van der Waals surface area contributed by atoms with Crippen molar-refractivity contribution >= 4 is 17.3 Å². The fraction of sp³-hybridized carbons (Fsp3) is 0.409. The Bertz CT molecular complexity index is 1250. The number of nitro groups is 1. The van der Waals surface area contributed by atoms with Gasteiger partial charge >= 0.3 is 11.9 Å². The van der Waals surface area contributed by atoms with Gasteiger partial charge in [0.2, 0.25) is 5.78 Å². The number of hydrogen-bond donors (Lipinski definition) is 3. The lowest BCUT2D eigenvalue weighted by Crippen LogP contribution is -2.28. The summed E-state index contributed by atoms with van der Waals surface area (Å²) in [5, 5.41) is 33.3.